The highest BCUT2D eigenvalue weighted by Crippen LogP contribution is 2.38. The van der Waals surface area contributed by atoms with Gasteiger partial charge in [-0.2, -0.15) is 0 Å². The molecular weight excluding hydrogens is 364 g/mol. The van der Waals surface area contributed by atoms with E-state index in [9.17, 15) is 0 Å². The molecule has 0 atom stereocenters. The highest BCUT2D eigenvalue weighted by Gasteiger charge is 2.21. The largest absolute Gasteiger partial charge is 0.486 e. The summed E-state index contributed by atoms with van der Waals surface area (Å²) < 4.78 is 11.2. The molecule has 0 amide bonds. The fourth-order valence-electron chi connectivity index (χ4n) is 3.50. The van der Waals surface area contributed by atoms with E-state index >= 15 is 0 Å². The predicted octanol–water partition coefficient (Wildman–Crippen LogP) is 3.04. The molecule has 7 heteroatoms. The number of fused-ring (bicyclic) bond motifs is 1. The van der Waals surface area contributed by atoms with Crippen molar-refractivity contribution < 1.29 is 9.47 Å². The predicted molar refractivity (Wildman–Crippen MR) is 110 cm³/mol. The maximum absolute atomic E-state index is 6.33. The van der Waals surface area contributed by atoms with E-state index in [0.717, 1.165) is 44.0 Å². The Morgan fingerprint density at radius 1 is 1.26 bits per heavy atom. The average molecular weight is 395 g/mol. The van der Waals surface area contributed by atoms with Crippen molar-refractivity contribution in [1.29, 1.82) is 0 Å². The highest BCUT2D eigenvalue weighted by molar-refractivity contribution is 6.32. The lowest BCUT2D eigenvalue weighted by Crippen LogP contribution is -2.49. The quantitative estimate of drug-likeness (QED) is 0.593. The Labute approximate surface area is 167 Å². The van der Waals surface area contributed by atoms with E-state index in [-0.39, 0.29) is 0 Å². The maximum Gasteiger partial charge on any atom is 0.191 e. The second-order valence-corrected chi connectivity index (χ2v) is 7.75. The van der Waals surface area contributed by atoms with Gasteiger partial charge in [0.05, 0.1) is 11.6 Å². The normalized spacial score (nSPS) is 18.6. The molecule has 150 valence electrons. The van der Waals surface area contributed by atoms with Crippen LogP contribution in [0.1, 0.15) is 39.2 Å². The molecule has 2 aliphatic rings. The Morgan fingerprint density at radius 2 is 2.00 bits per heavy atom. The number of rotatable bonds is 5. The van der Waals surface area contributed by atoms with Crippen molar-refractivity contribution in [1.82, 2.24) is 15.5 Å². The summed E-state index contributed by atoms with van der Waals surface area (Å²) in [7, 11) is 0. The van der Waals surface area contributed by atoms with Crippen molar-refractivity contribution in [2.24, 2.45) is 4.99 Å². The third kappa shape index (κ3) is 5.42. The van der Waals surface area contributed by atoms with Gasteiger partial charge in [0.25, 0.3) is 0 Å². The van der Waals surface area contributed by atoms with Crippen LogP contribution in [0.3, 0.4) is 0 Å². The Hall–Kier alpha value is -1.66. The Kier molecular flexibility index (Phi) is 7.07. The van der Waals surface area contributed by atoms with E-state index in [1.54, 1.807) is 0 Å². The minimum absolute atomic E-state index is 0.460. The van der Waals surface area contributed by atoms with E-state index in [1.807, 2.05) is 12.1 Å². The number of benzene rings is 1. The first-order valence-corrected chi connectivity index (χ1v) is 10.3. The molecule has 2 heterocycles. The van der Waals surface area contributed by atoms with Crippen LogP contribution in [0.2, 0.25) is 5.02 Å². The molecular formula is C20H31ClN4O2. The summed E-state index contributed by atoms with van der Waals surface area (Å²) in [6.45, 7) is 11.3. The number of aliphatic imine (C=N–C) groups is 1. The van der Waals surface area contributed by atoms with Gasteiger partial charge in [0.2, 0.25) is 0 Å². The fourth-order valence-corrected chi connectivity index (χ4v) is 3.79. The van der Waals surface area contributed by atoms with E-state index in [1.165, 1.54) is 0 Å². The number of hydrogen-bond donors (Lipinski definition) is 2. The second kappa shape index (κ2) is 9.51. The first-order valence-electron chi connectivity index (χ1n) is 9.93. The van der Waals surface area contributed by atoms with Gasteiger partial charge in [-0.1, -0.05) is 11.6 Å². The number of hydrogen-bond acceptors (Lipinski definition) is 4. The lowest BCUT2D eigenvalue weighted by Gasteiger charge is -2.35. The van der Waals surface area contributed by atoms with Crippen LogP contribution < -0.4 is 20.1 Å². The van der Waals surface area contributed by atoms with Crippen LogP contribution in [0.25, 0.3) is 0 Å². The second-order valence-electron chi connectivity index (χ2n) is 7.35. The molecule has 0 aliphatic carbocycles. The monoisotopic (exact) mass is 394 g/mol. The molecule has 0 bridgehead atoms. The molecule has 1 fully saturated rings. The number of likely N-dealkylation sites (tertiary alicyclic amines) is 1. The van der Waals surface area contributed by atoms with E-state index in [2.05, 4.69) is 36.3 Å². The first kappa shape index (κ1) is 20.1. The van der Waals surface area contributed by atoms with Gasteiger partial charge in [-0.25, -0.2) is 4.99 Å². The molecule has 0 spiro atoms. The number of nitrogens with zero attached hydrogens (tertiary/aromatic N) is 2. The van der Waals surface area contributed by atoms with Crippen LogP contribution in [-0.4, -0.2) is 55.8 Å². The zero-order chi connectivity index (χ0) is 19.2. The Balaban J connectivity index is 1.62. The number of halogens is 1. The molecule has 27 heavy (non-hydrogen) atoms. The van der Waals surface area contributed by atoms with Crippen molar-refractivity contribution in [3.05, 3.63) is 22.7 Å². The van der Waals surface area contributed by atoms with Gasteiger partial charge in [0, 0.05) is 31.7 Å². The van der Waals surface area contributed by atoms with Crippen LogP contribution in [0.5, 0.6) is 11.5 Å². The SMILES string of the molecule is CCNC(=NCc1cc(Cl)c2c(c1)OCCO2)NC1CCN(C(C)C)CC1. The summed E-state index contributed by atoms with van der Waals surface area (Å²) in [4.78, 5) is 7.27. The van der Waals surface area contributed by atoms with Crippen LogP contribution in [0, 0.1) is 0 Å². The van der Waals surface area contributed by atoms with Gasteiger partial charge >= 0.3 is 0 Å². The molecule has 6 nitrogen and oxygen atoms in total. The summed E-state index contributed by atoms with van der Waals surface area (Å²) in [5.74, 6) is 2.20. The number of guanidine groups is 1. The van der Waals surface area contributed by atoms with E-state index in [0.29, 0.717) is 48.4 Å². The summed E-state index contributed by atoms with van der Waals surface area (Å²) in [5.41, 5.74) is 1.01. The minimum Gasteiger partial charge on any atom is -0.486 e. The standard InChI is InChI=1S/C20H31ClN4O2/c1-4-22-20(24-16-5-7-25(8-6-16)14(2)3)23-13-15-11-17(21)19-18(12-15)26-9-10-27-19/h11-12,14,16H,4-10,13H2,1-3H3,(H2,22,23,24). The zero-order valence-corrected chi connectivity index (χ0v) is 17.3. The number of nitrogens with one attached hydrogen (secondary N) is 2. The van der Waals surface area contributed by atoms with Gasteiger partial charge in [-0.3, -0.25) is 0 Å². The third-order valence-electron chi connectivity index (χ3n) is 5.02. The molecule has 1 aromatic rings. The number of ether oxygens (including phenoxy) is 2. The van der Waals surface area contributed by atoms with Crippen LogP contribution >= 0.6 is 11.6 Å². The van der Waals surface area contributed by atoms with Gasteiger partial charge in [-0.05, 0) is 51.3 Å². The third-order valence-corrected chi connectivity index (χ3v) is 5.30. The van der Waals surface area contributed by atoms with Gasteiger partial charge in [-0.15, -0.1) is 0 Å². The lowest BCUT2D eigenvalue weighted by molar-refractivity contribution is 0.167. The summed E-state index contributed by atoms with van der Waals surface area (Å²) >= 11 is 6.33. The molecule has 2 aliphatic heterocycles. The Bertz CT molecular complexity index is 658. The first-order chi connectivity index (χ1) is 13.1. The molecule has 0 saturated carbocycles. The number of piperidine rings is 1. The lowest BCUT2D eigenvalue weighted by atomic mass is 10.0. The molecule has 0 aromatic heterocycles. The molecule has 1 saturated heterocycles. The molecule has 0 radical (unpaired) electrons. The maximum atomic E-state index is 6.33. The molecule has 2 N–H and O–H groups in total. The highest BCUT2D eigenvalue weighted by atomic mass is 35.5. The molecule has 1 aromatic carbocycles. The smallest absolute Gasteiger partial charge is 0.191 e. The van der Waals surface area contributed by atoms with E-state index < -0.39 is 0 Å². The zero-order valence-electron chi connectivity index (χ0n) is 16.6. The van der Waals surface area contributed by atoms with Gasteiger partial charge in [0.1, 0.15) is 13.2 Å². The van der Waals surface area contributed by atoms with Crippen molar-refractivity contribution in [2.75, 3.05) is 32.8 Å². The van der Waals surface area contributed by atoms with Crippen molar-refractivity contribution in [3.8, 4) is 11.5 Å². The topological polar surface area (TPSA) is 58.1 Å². The van der Waals surface area contributed by atoms with Gasteiger partial charge in [0.15, 0.2) is 17.5 Å². The van der Waals surface area contributed by atoms with Crippen LogP contribution in [0.4, 0.5) is 0 Å². The van der Waals surface area contributed by atoms with Gasteiger partial charge < -0.3 is 25.0 Å². The van der Waals surface area contributed by atoms with Crippen molar-refractivity contribution in [3.63, 3.8) is 0 Å². The summed E-state index contributed by atoms with van der Waals surface area (Å²) in [5, 5.41) is 7.51. The fraction of sp³-hybridized carbons (Fsp3) is 0.650. The summed E-state index contributed by atoms with van der Waals surface area (Å²) in [6.07, 6.45) is 2.27. The van der Waals surface area contributed by atoms with Crippen LogP contribution in [0.15, 0.2) is 17.1 Å². The molecule has 0 unspecified atom stereocenters. The summed E-state index contributed by atoms with van der Waals surface area (Å²) in [6, 6.07) is 4.95. The van der Waals surface area contributed by atoms with E-state index in [4.69, 9.17) is 26.1 Å². The van der Waals surface area contributed by atoms with Crippen molar-refractivity contribution >= 4 is 17.6 Å². The van der Waals surface area contributed by atoms with Crippen molar-refractivity contribution in [2.45, 2.75) is 52.2 Å². The van der Waals surface area contributed by atoms with Crippen LogP contribution in [-0.2, 0) is 6.54 Å². The molecule has 3 rings (SSSR count). The average Bonchev–Trinajstić information content (AvgIpc) is 2.67. The minimum atomic E-state index is 0.460. The Morgan fingerprint density at radius 3 is 2.70 bits per heavy atom.